The van der Waals surface area contributed by atoms with Gasteiger partial charge in [0.2, 0.25) is 0 Å². The Labute approximate surface area is 292 Å². The first kappa shape index (κ1) is 28.6. The van der Waals surface area contributed by atoms with E-state index in [0.717, 1.165) is 44.2 Å². The molecule has 10 rings (SSSR count). The van der Waals surface area contributed by atoms with Crippen LogP contribution in [0, 0.1) is 0 Å². The molecular weight excluding hydrogens is 629 g/mol. The molecule has 234 valence electrons. The van der Waals surface area contributed by atoms with Gasteiger partial charge < -0.3 is 4.57 Å². The third-order valence-electron chi connectivity index (χ3n) is 9.47. The molecule has 0 amide bonds. The number of para-hydroxylation sites is 2. The molecule has 0 atom stereocenters. The maximum absolute atomic E-state index is 5.33. The number of hydrogen-bond donors (Lipinski definition) is 0. The Balaban J connectivity index is 1.26. The summed E-state index contributed by atoms with van der Waals surface area (Å²) in [5.74, 6) is 1.96. The van der Waals surface area contributed by atoms with Crippen molar-refractivity contribution in [2.45, 2.75) is 0 Å². The first-order valence-electron chi connectivity index (χ1n) is 16.7. The van der Waals surface area contributed by atoms with E-state index < -0.39 is 0 Å². The largest absolute Gasteiger partial charge is 0.309 e. The molecule has 0 bridgehead atoms. The van der Waals surface area contributed by atoms with Crippen molar-refractivity contribution in [2.24, 2.45) is 0 Å². The first-order chi connectivity index (χ1) is 24.8. The van der Waals surface area contributed by atoms with Crippen LogP contribution in [0.1, 0.15) is 0 Å². The molecule has 0 aliphatic heterocycles. The minimum Gasteiger partial charge on any atom is -0.309 e. The second kappa shape index (κ2) is 11.6. The summed E-state index contributed by atoms with van der Waals surface area (Å²) in [5, 5.41) is 4.65. The molecule has 7 aromatic carbocycles. The Hall–Kier alpha value is -6.43. The summed E-state index contributed by atoms with van der Waals surface area (Å²) in [6.07, 6.45) is 0. The molecule has 5 heteroatoms. The maximum atomic E-state index is 5.33. The lowest BCUT2D eigenvalue weighted by molar-refractivity contribution is 1.08. The van der Waals surface area contributed by atoms with Crippen LogP contribution >= 0.6 is 11.3 Å². The number of hydrogen-bond acceptors (Lipinski definition) is 4. The lowest BCUT2D eigenvalue weighted by Gasteiger charge is -2.11. The van der Waals surface area contributed by atoms with Crippen LogP contribution in [0.3, 0.4) is 0 Å². The van der Waals surface area contributed by atoms with E-state index in [1.165, 1.54) is 31.3 Å². The monoisotopic (exact) mass is 656 g/mol. The molecule has 0 unspecified atom stereocenters. The lowest BCUT2D eigenvalue weighted by atomic mass is 10.0. The number of rotatable bonds is 5. The Bertz CT molecular complexity index is 2860. The average molecular weight is 657 g/mol. The van der Waals surface area contributed by atoms with E-state index in [4.69, 9.17) is 15.0 Å². The van der Waals surface area contributed by atoms with Crippen molar-refractivity contribution in [3.05, 3.63) is 170 Å². The number of benzene rings is 7. The lowest BCUT2D eigenvalue weighted by Crippen LogP contribution is -2.01. The van der Waals surface area contributed by atoms with E-state index in [0.29, 0.717) is 17.5 Å². The van der Waals surface area contributed by atoms with E-state index in [-0.39, 0.29) is 0 Å². The zero-order valence-corrected chi connectivity index (χ0v) is 27.7. The standard InChI is InChI=1S/C45H28N4S/c1-4-15-29(16-5-1)32-22-12-23-34-41-36(25-14-28-39(41)50-42(32)34)45-47-43(30-17-6-2-7-18-30)46-44(48-45)35-24-13-27-38-40(35)33-21-10-11-26-37(33)49(38)31-19-8-3-9-20-31/h1-28H. The van der Waals surface area contributed by atoms with Crippen molar-refractivity contribution in [2.75, 3.05) is 0 Å². The quantitative estimate of drug-likeness (QED) is 0.185. The maximum Gasteiger partial charge on any atom is 0.164 e. The summed E-state index contributed by atoms with van der Waals surface area (Å²) >= 11 is 1.82. The van der Waals surface area contributed by atoms with Gasteiger partial charge in [0.15, 0.2) is 17.5 Å². The number of fused-ring (bicyclic) bond motifs is 6. The van der Waals surface area contributed by atoms with Crippen molar-refractivity contribution in [3.63, 3.8) is 0 Å². The van der Waals surface area contributed by atoms with Crippen LogP contribution < -0.4 is 0 Å². The Morgan fingerprint density at radius 2 is 0.920 bits per heavy atom. The topological polar surface area (TPSA) is 43.6 Å². The van der Waals surface area contributed by atoms with Crippen LogP contribution in [0.2, 0.25) is 0 Å². The fourth-order valence-electron chi connectivity index (χ4n) is 7.27. The van der Waals surface area contributed by atoms with E-state index in [2.05, 4.69) is 156 Å². The highest BCUT2D eigenvalue weighted by Gasteiger charge is 2.21. The van der Waals surface area contributed by atoms with Gasteiger partial charge in [0.1, 0.15) is 0 Å². The minimum atomic E-state index is 0.649. The van der Waals surface area contributed by atoms with Gasteiger partial charge in [-0.05, 0) is 41.5 Å². The molecule has 0 N–H and O–H groups in total. The summed E-state index contributed by atoms with van der Waals surface area (Å²) in [6, 6.07) is 59.5. The third-order valence-corrected chi connectivity index (χ3v) is 10.7. The molecule has 4 nitrogen and oxygen atoms in total. The zero-order chi connectivity index (χ0) is 33.0. The molecule has 0 fully saturated rings. The van der Waals surface area contributed by atoms with Crippen LogP contribution in [0.5, 0.6) is 0 Å². The highest BCUT2D eigenvalue weighted by atomic mass is 32.1. The van der Waals surface area contributed by atoms with E-state index in [1.54, 1.807) is 0 Å². The van der Waals surface area contributed by atoms with E-state index >= 15 is 0 Å². The molecule has 0 saturated heterocycles. The highest BCUT2D eigenvalue weighted by molar-refractivity contribution is 7.26. The second-order valence-corrected chi connectivity index (χ2v) is 13.4. The number of nitrogens with zero attached hydrogens (tertiary/aromatic N) is 4. The SMILES string of the molecule is c1ccc(-c2nc(-c3cccc4sc5c(-c6ccccc6)cccc5c34)nc(-c3cccc4c3c3ccccc3n4-c3ccccc3)n2)cc1. The third kappa shape index (κ3) is 4.55. The van der Waals surface area contributed by atoms with Crippen molar-refractivity contribution in [3.8, 4) is 51.0 Å². The summed E-state index contributed by atoms with van der Waals surface area (Å²) in [5.41, 5.74) is 8.73. The fraction of sp³-hybridized carbons (Fsp3) is 0. The highest BCUT2D eigenvalue weighted by Crippen LogP contribution is 2.44. The molecule has 0 aliphatic rings. The Morgan fingerprint density at radius 1 is 0.380 bits per heavy atom. The molecule has 0 saturated carbocycles. The summed E-state index contributed by atoms with van der Waals surface area (Å²) < 4.78 is 4.80. The van der Waals surface area contributed by atoms with Crippen molar-refractivity contribution < 1.29 is 0 Å². The molecule has 3 heterocycles. The van der Waals surface area contributed by atoms with Gasteiger partial charge in [0, 0.05) is 53.3 Å². The predicted molar refractivity (Wildman–Crippen MR) is 209 cm³/mol. The predicted octanol–water partition coefficient (Wildman–Crippen LogP) is 12.0. The van der Waals surface area contributed by atoms with Gasteiger partial charge in [-0.2, -0.15) is 0 Å². The minimum absolute atomic E-state index is 0.649. The Kier molecular flexibility index (Phi) is 6.64. The van der Waals surface area contributed by atoms with Crippen molar-refractivity contribution in [1.29, 1.82) is 0 Å². The van der Waals surface area contributed by atoms with Gasteiger partial charge in [0.25, 0.3) is 0 Å². The van der Waals surface area contributed by atoms with Crippen LogP contribution in [0.25, 0.3) is 93.0 Å². The number of aromatic nitrogens is 4. The normalized spacial score (nSPS) is 11.6. The molecule has 0 radical (unpaired) electrons. The van der Waals surface area contributed by atoms with E-state index in [9.17, 15) is 0 Å². The van der Waals surface area contributed by atoms with Gasteiger partial charge in [-0.3, -0.25) is 0 Å². The smallest absolute Gasteiger partial charge is 0.164 e. The van der Waals surface area contributed by atoms with Crippen LogP contribution in [0.4, 0.5) is 0 Å². The molecule has 0 aliphatic carbocycles. The van der Waals surface area contributed by atoms with Gasteiger partial charge in [-0.25, -0.2) is 15.0 Å². The average Bonchev–Trinajstić information content (AvgIpc) is 3.75. The van der Waals surface area contributed by atoms with Gasteiger partial charge >= 0.3 is 0 Å². The molecule has 3 aromatic heterocycles. The first-order valence-corrected chi connectivity index (χ1v) is 17.5. The van der Waals surface area contributed by atoms with E-state index in [1.807, 2.05) is 29.5 Å². The molecular formula is C45H28N4S. The molecule has 50 heavy (non-hydrogen) atoms. The van der Waals surface area contributed by atoms with Crippen LogP contribution in [-0.4, -0.2) is 19.5 Å². The summed E-state index contributed by atoms with van der Waals surface area (Å²) in [4.78, 5) is 15.7. The van der Waals surface area contributed by atoms with Gasteiger partial charge in [0.05, 0.1) is 11.0 Å². The van der Waals surface area contributed by atoms with Crippen molar-refractivity contribution >= 4 is 53.3 Å². The second-order valence-electron chi connectivity index (χ2n) is 12.4. The van der Waals surface area contributed by atoms with Crippen LogP contribution in [0.15, 0.2) is 170 Å². The summed E-state index contributed by atoms with van der Waals surface area (Å²) in [6.45, 7) is 0. The zero-order valence-electron chi connectivity index (χ0n) is 26.9. The van der Waals surface area contributed by atoms with Crippen LogP contribution in [-0.2, 0) is 0 Å². The fourth-order valence-corrected chi connectivity index (χ4v) is 8.54. The molecule has 10 aromatic rings. The Morgan fingerprint density at radius 3 is 1.68 bits per heavy atom. The van der Waals surface area contributed by atoms with Crippen molar-refractivity contribution in [1.82, 2.24) is 19.5 Å². The van der Waals surface area contributed by atoms with Gasteiger partial charge in [-0.15, -0.1) is 11.3 Å². The molecule has 0 spiro atoms. The number of thiophene rings is 1. The van der Waals surface area contributed by atoms with Gasteiger partial charge in [-0.1, -0.05) is 140 Å². The summed E-state index contributed by atoms with van der Waals surface area (Å²) in [7, 11) is 0.